The molecular formula is C20H17N3. The number of fused-ring (bicyclic) bond motifs is 2. The first-order chi connectivity index (χ1) is 11.1. The molecule has 0 saturated carbocycles. The molecule has 23 heavy (non-hydrogen) atoms. The average molecular weight is 299 g/mol. The first-order valence-electron chi connectivity index (χ1n) is 7.66. The largest absolute Gasteiger partial charge is 0.398 e. The second kappa shape index (κ2) is 5.06. The van der Waals surface area contributed by atoms with E-state index in [9.17, 15) is 0 Å². The molecule has 0 radical (unpaired) electrons. The molecule has 0 aliphatic carbocycles. The normalized spacial score (nSPS) is 11.2. The van der Waals surface area contributed by atoms with E-state index in [1.54, 1.807) is 0 Å². The number of aryl methyl sites for hydroxylation is 2. The predicted octanol–water partition coefficient (Wildman–Crippen LogP) is 4.65. The van der Waals surface area contributed by atoms with Gasteiger partial charge in [-0.1, -0.05) is 42.5 Å². The maximum Gasteiger partial charge on any atom is 0.162 e. The minimum Gasteiger partial charge on any atom is -0.398 e. The third kappa shape index (κ3) is 2.21. The van der Waals surface area contributed by atoms with E-state index in [0.717, 1.165) is 38.8 Å². The zero-order chi connectivity index (χ0) is 16.0. The van der Waals surface area contributed by atoms with Crippen molar-refractivity contribution in [1.29, 1.82) is 0 Å². The summed E-state index contributed by atoms with van der Waals surface area (Å²) in [5.41, 5.74) is 13.1. The van der Waals surface area contributed by atoms with Crippen LogP contribution in [0.5, 0.6) is 0 Å². The van der Waals surface area contributed by atoms with Crippen LogP contribution in [0.15, 0.2) is 54.6 Å². The number of hydrogen-bond donors (Lipinski definition) is 1. The molecule has 2 aromatic heterocycles. The number of pyridine rings is 2. The molecule has 4 rings (SSSR count). The highest BCUT2D eigenvalue weighted by Gasteiger charge is 2.12. The van der Waals surface area contributed by atoms with Gasteiger partial charge in [0.2, 0.25) is 0 Å². The number of nitrogens with zero attached hydrogens (tertiary/aromatic N) is 2. The van der Waals surface area contributed by atoms with Crippen LogP contribution in [0.3, 0.4) is 0 Å². The summed E-state index contributed by atoms with van der Waals surface area (Å²) in [6, 6.07) is 18.4. The summed E-state index contributed by atoms with van der Waals surface area (Å²) >= 11 is 0. The summed E-state index contributed by atoms with van der Waals surface area (Å²) in [7, 11) is 0. The Kier molecular flexibility index (Phi) is 3.01. The molecular weight excluding hydrogens is 282 g/mol. The summed E-state index contributed by atoms with van der Waals surface area (Å²) in [5, 5.41) is 1.93. The van der Waals surface area contributed by atoms with Crippen molar-refractivity contribution in [2.24, 2.45) is 0 Å². The van der Waals surface area contributed by atoms with Crippen LogP contribution in [0.25, 0.3) is 33.2 Å². The molecule has 2 N–H and O–H groups in total. The fourth-order valence-electron chi connectivity index (χ4n) is 3.04. The molecule has 4 aromatic rings. The van der Waals surface area contributed by atoms with Gasteiger partial charge in [-0.2, -0.15) is 0 Å². The molecule has 0 amide bonds. The van der Waals surface area contributed by atoms with Gasteiger partial charge in [0, 0.05) is 16.3 Å². The van der Waals surface area contributed by atoms with Crippen molar-refractivity contribution in [3.8, 4) is 11.3 Å². The maximum absolute atomic E-state index is 6.41. The molecule has 0 unspecified atom stereocenters. The average Bonchev–Trinajstić information content (AvgIpc) is 2.55. The van der Waals surface area contributed by atoms with Crippen LogP contribution in [0.4, 0.5) is 5.69 Å². The Labute approximate surface area is 134 Å². The zero-order valence-electron chi connectivity index (χ0n) is 13.2. The van der Waals surface area contributed by atoms with E-state index in [1.165, 1.54) is 5.56 Å². The predicted molar refractivity (Wildman–Crippen MR) is 96.4 cm³/mol. The first kappa shape index (κ1) is 13.7. The Balaban J connectivity index is 2.08. The van der Waals surface area contributed by atoms with Gasteiger partial charge in [-0.3, -0.25) is 0 Å². The lowest BCUT2D eigenvalue weighted by Crippen LogP contribution is -1.98. The van der Waals surface area contributed by atoms with Gasteiger partial charge in [-0.25, -0.2) is 9.97 Å². The highest BCUT2D eigenvalue weighted by molar-refractivity contribution is 6.07. The third-order valence-corrected chi connectivity index (χ3v) is 4.21. The molecule has 0 bridgehead atoms. The molecule has 112 valence electrons. The Morgan fingerprint density at radius 1 is 0.870 bits per heavy atom. The van der Waals surface area contributed by atoms with Crippen molar-refractivity contribution in [2.45, 2.75) is 13.8 Å². The summed E-state index contributed by atoms with van der Waals surface area (Å²) in [4.78, 5) is 9.51. The summed E-state index contributed by atoms with van der Waals surface area (Å²) < 4.78 is 0. The summed E-state index contributed by atoms with van der Waals surface area (Å²) in [5.74, 6) is 0. The number of anilines is 1. The molecule has 3 heteroatoms. The quantitative estimate of drug-likeness (QED) is 0.520. The lowest BCUT2D eigenvalue weighted by atomic mass is 10.0. The fraction of sp³-hybridized carbons (Fsp3) is 0.100. The van der Waals surface area contributed by atoms with E-state index >= 15 is 0 Å². The monoisotopic (exact) mass is 299 g/mol. The Morgan fingerprint density at radius 2 is 1.65 bits per heavy atom. The van der Waals surface area contributed by atoms with Crippen LogP contribution < -0.4 is 5.73 Å². The molecule has 0 spiro atoms. The minimum atomic E-state index is 0.708. The summed E-state index contributed by atoms with van der Waals surface area (Å²) in [6.07, 6.45) is 0. The van der Waals surface area contributed by atoms with Crippen molar-refractivity contribution in [2.75, 3.05) is 5.73 Å². The van der Waals surface area contributed by atoms with Gasteiger partial charge in [0.15, 0.2) is 5.65 Å². The number of benzene rings is 2. The van der Waals surface area contributed by atoms with E-state index in [-0.39, 0.29) is 0 Å². The van der Waals surface area contributed by atoms with Crippen LogP contribution in [-0.4, -0.2) is 9.97 Å². The van der Waals surface area contributed by atoms with Crippen molar-refractivity contribution in [3.05, 3.63) is 65.7 Å². The highest BCUT2D eigenvalue weighted by atomic mass is 14.9. The Bertz CT molecular complexity index is 1040. The summed E-state index contributed by atoms with van der Waals surface area (Å²) in [6.45, 7) is 4.12. The van der Waals surface area contributed by atoms with Crippen molar-refractivity contribution in [1.82, 2.24) is 9.97 Å². The number of nitrogen functional groups attached to an aromatic ring is 1. The molecule has 3 nitrogen and oxygen atoms in total. The molecule has 0 aliphatic heterocycles. The Hall–Kier alpha value is -2.94. The zero-order valence-corrected chi connectivity index (χ0v) is 13.2. The third-order valence-electron chi connectivity index (χ3n) is 4.21. The van der Waals surface area contributed by atoms with Crippen molar-refractivity contribution in [3.63, 3.8) is 0 Å². The van der Waals surface area contributed by atoms with Gasteiger partial charge in [0.1, 0.15) is 0 Å². The Morgan fingerprint density at radius 3 is 2.43 bits per heavy atom. The van der Waals surface area contributed by atoms with Gasteiger partial charge in [0.05, 0.1) is 16.9 Å². The van der Waals surface area contributed by atoms with E-state index in [2.05, 4.69) is 44.2 Å². The van der Waals surface area contributed by atoms with Crippen LogP contribution in [0.1, 0.15) is 11.1 Å². The second-order valence-corrected chi connectivity index (χ2v) is 5.94. The molecule has 2 aromatic carbocycles. The number of rotatable bonds is 1. The maximum atomic E-state index is 6.41. The number of aromatic nitrogens is 2. The van der Waals surface area contributed by atoms with E-state index in [0.29, 0.717) is 5.65 Å². The van der Waals surface area contributed by atoms with Crippen LogP contribution in [-0.2, 0) is 0 Å². The SMILES string of the molecule is Cc1ccc2c(N)c3c(C)cc(-c4ccccc4)nc3nc2c1. The van der Waals surface area contributed by atoms with E-state index in [1.807, 2.05) is 24.3 Å². The number of nitrogens with two attached hydrogens (primary N) is 1. The van der Waals surface area contributed by atoms with Gasteiger partial charge in [-0.15, -0.1) is 0 Å². The van der Waals surface area contributed by atoms with Gasteiger partial charge in [0.25, 0.3) is 0 Å². The molecule has 0 aliphatic rings. The first-order valence-corrected chi connectivity index (χ1v) is 7.66. The van der Waals surface area contributed by atoms with Crippen LogP contribution in [0, 0.1) is 13.8 Å². The van der Waals surface area contributed by atoms with Gasteiger partial charge in [-0.05, 0) is 37.1 Å². The minimum absolute atomic E-state index is 0.708. The van der Waals surface area contributed by atoms with Crippen molar-refractivity contribution >= 4 is 27.6 Å². The number of hydrogen-bond acceptors (Lipinski definition) is 3. The standard InChI is InChI=1S/C20H17N3/c1-12-8-9-15-17(10-12)23-20-18(19(15)21)13(2)11-16(22-20)14-6-4-3-5-7-14/h3-11H,1-2H3,(H2,21,22,23). The highest BCUT2D eigenvalue weighted by Crippen LogP contribution is 2.32. The smallest absolute Gasteiger partial charge is 0.162 e. The van der Waals surface area contributed by atoms with E-state index < -0.39 is 0 Å². The molecule has 0 atom stereocenters. The van der Waals surface area contributed by atoms with Crippen LogP contribution >= 0.6 is 0 Å². The second-order valence-electron chi connectivity index (χ2n) is 5.94. The fourth-order valence-corrected chi connectivity index (χ4v) is 3.04. The van der Waals surface area contributed by atoms with Crippen molar-refractivity contribution < 1.29 is 0 Å². The lowest BCUT2D eigenvalue weighted by Gasteiger charge is -2.11. The van der Waals surface area contributed by atoms with E-state index in [4.69, 9.17) is 15.7 Å². The van der Waals surface area contributed by atoms with Gasteiger partial charge >= 0.3 is 0 Å². The van der Waals surface area contributed by atoms with Gasteiger partial charge < -0.3 is 5.73 Å². The van der Waals surface area contributed by atoms with Crippen LogP contribution in [0.2, 0.25) is 0 Å². The molecule has 0 saturated heterocycles. The molecule has 2 heterocycles. The topological polar surface area (TPSA) is 51.8 Å². The lowest BCUT2D eigenvalue weighted by molar-refractivity contribution is 1.30. The molecule has 0 fully saturated rings.